The van der Waals surface area contributed by atoms with E-state index in [4.69, 9.17) is 4.74 Å². The van der Waals surface area contributed by atoms with E-state index in [2.05, 4.69) is 4.98 Å². The van der Waals surface area contributed by atoms with Gasteiger partial charge in [0.1, 0.15) is 5.75 Å². The lowest BCUT2D eigenvalue weighted by Gasteiger charge is -2.24. The Hall–Kier alpha value is -3.14. The van der Waals surface area contributed by atoms with Crippen molar-refractivity contribution < 1.29 is 9.53 Å². The molecular weight excluding hydrogens is 324 g/mol. The van der Waals surface area contributed by atoms with Crippen LogP contribution in [0.25, 0.3) is 0 Å². The van der Waals surface area contributed by atoms with Crippen molar-refractivity contribution in [1.29, 1.82) is 0 Å². The van der Waals surface area contributed by atoms with Gasteiger partial charge in [0.25, 0.3) is 5.91 Å². The fourth-order valence-electron chi connectivity index (χ4n) is 3.26. The van der Waals surface area contributed by atoms with E-state index in [0.717, 1.165) is 34.7 Å². The largest absolute Gasteiger partial charge is 0.493 e. The van der Waals surface area contributed by atoms with Crippen molar-refractivity contribution in [2.24, 2.45) is 0 Å². The molecule has 4 heteroatoms. The van der Waals surface area contributed by atoms with Crippen molar-refractivity contribution in [2.45, 2.75) is 19.9 Å². The first-order valence-electron chi connectivity index (χ1n) is 8.75. The highest BCUT2D eigenvalue weighted by Crippen LogP contribution is 2.28. The molecule has 4 rings (SSSR count). The number of carbonyl (C=O) groups is 1. The maximum absolute atomic E-state index is 13.4. The molecule has 0 bridgehead atoms. The Bertz CT molecular complexity index is 938. The number of benzene rings is 2. The molecule has 2 aromatic carbocycles. The summed E-state index contributed by atoms with van der Waals surface area (Å²) in [5.74, 6) is 0.855. The van der Waals surface area contributed by atoms with Crippen molar-refractivity contribution in [3.63, 3.8) is 0 Å². The number of pyridine rings is 1. The highest BCUT2D eigenvalue weighted by molar-refractivity contribution is 6.06. The molecule has 0 fully saturated rings. The number of rotatable bonds is 4. The summed E-state index contributed by atoms with van der Waals surface area (Å²) in [6.07, 6.45) is 2.60. The second-order valence-electron chi connectivity index (χ2n) is 6.42. The molecule has 0 unspecified atom stereocenters. The number of hydrogen-bond donors (Lipinski definition) is 0. The number of carbonyl (C=O) groups excluding carboxylic acids is 1. The third-order valence-corrected chi connectivity index (χ3v) is 4.63. The van der Waals surface area contributed by atoms with Gasteiger partial charge in [0, 0.05) is 23.9 Å². The zero-order chi connectivity index (χ0) is 17.9. The van der Waals surface area contributed by atoms with Gasteiger partial charge in [0.05, 0.1) is 18.8 Å². The van der Waals surface area contributed by atoms with Crippen molar-refractivity contribution in [3.8, 4) is 5.75 Å². The van der Waals surface area contributed by atoms with E-state index >= 15 is 0 Å². The Labute approximate surface area is 153 Å². The van der Waals surface area contributed by atoms with Crippen molar-refractivity contribution in [2.75, 3.05) is 11.5 Å². The van der Waals surface area contributed by atoms with Gasteiger partial charge < -0.3 is 9.64 Å². The summed E-state index contributed by atoms with van der Waals surface area (Å²) in [6.45, 7) is 3.13. The van der Waals surface area contributed by atoms with E-state index in [1.54, 1.807) is 11.1 Å². The minimum atomic E-state index is -0.0281. The summed E-state index contributed by atoms with van der Waals surface area (Å²) in [4.78, 5) is 19.6. The summed E-state index contributed by atoms with van der Waals surface area (Å²) in [6, 6.07) is 19.4. The lowest BCUT2D eigenvalue weighted by atomic mass is 10.1. The number of ether oxygens (including phenoxy) is 1. The molecule has 0 N–H and O–H groups in total. The van der Waals surface area contributed by atoms with E-state index in [9.17, 15) is 4.79 Å². The summed E-state index contributed by atoms with van der Waals surface area (Å²) in [7, 11) is 0. The third kappa shape index (κ3) is 3.18. The fourth-order valence-corrected chi connectivity index (χ4v) is 3.26. The molecule has 0 saturated carbocycles. The lowest BCUT2D eigenvalue weighted by Crippen LogP contribution is -2.31. The number of anilines is 1. The second kappa shape index (κ2) is 7.00. The van der Waals surface area contributed by atoms with E-state index in [1.165, 1.54) is 0 Å². The first kappa shape index (κ1) is 16.3. The number of aryl methyl sites for hydroxylation is 1. The molecule has 130 valence electrons. The average Bonchev–Trinajstić information content (AvgIpc) is 3.15. The minimum Gasteiger partial charge on any atom is -0.493 e. The number of hydrogen-bond acceptors (Lipinski definition) is 3. The van der Waals surface area contributed by atoms with Crippen LogP contribution < -0.4 is 9.64 Å². The van der Waals surface area contributed by atoms with Crippen molar-refractivity contribution >= 4 is 11.6 Å². The van der Waals surface area contributed by atoms with E-state index in [-0.39, 0.29) is 5.91 Å². The van der Waals surface area contributed by atoms with E-state index in [0.29, 0.717) is 18.7 Å². The summed E-state index contributed by atoms with van der Waals surface area (Å²) in [5.41, 5.74) is 4.58. The van der Waals surface area contributed by atoms with Crippen LogP contribution in [0.3, 0.4) is 0 Å². The van der Waals surface area contributed by atoms with Gasteiger partial charge in [-0.1, -0.05) is 24.3 Å². The molecular formula is C22H20N2O2. The van der Waals surface area contributed by atoms with Gasteiger partial charge in [-0.25, -0.2) is 0 Å². The molecule has 1 aliphatic rings. The predicted molar refractivity (Wildman–Crippen MR) is 102 cm³/mol. The monoisotopic (exact) mass is 344 g/mol. The molecule has 0 saturated heterocycles. The van der Waals surface area contributed by atoms with Crippen LogP contribution in [0.4, 0.5) is 5.69 Å². The normalized spacial score (nSPS) is 12.3. The predicted octanol–water partition coefficient (Wildman–Crippen LogP) is 4.17. The summed E-state index contributed by atoms with van der Waals surface area (Å²) in [5, 5.41) is 0. The lowest BCUT2D eigenvalue weighted by molar-refractivity contribution is 0.0984. The number of fused-ring (bicyclic) bond motifs is 1. The Morgan fingerprint density at radius 1 is 1.12 bits per heavy atom. The highest BCUT2D eigenvalue weighted by Gasteiger charge is 2.22. The Morgan fingerprint density at radius 2 is 1.96 bits per heavy atom. The molecule has 0 radical (unpaired) electrons. The highest BCUT2D eigenvalue weighted by atomic mass is 16.5. The Kier molecular flexibility index (Phi) is 4.40. The van der Waals surface area contributed by atoms with Crippen molar-refractivity contribution in [3.05, 3.63) is 89.2 Å². The number of amides is 1. The third-order valence-electron chi connectivity index (χ3n) is 4.63. The summed E-state index contributed by atoms with van der Waals surface area (Å²) < 4.78 is 5.56. The van der Waals surface area contributed by atoms with Crippen LogP contribution in [-0.4, -0.2) is 17.5 Å². The van der Waals surface area contributed by atoms with Crippen LogP contribution in [0.1, 0.15) is 27.2 Å². The molecule has 1 aliphatic heterocycles. The molecule has 26 heavy (non-hydrogen) atoms. The maximum Gasteiger partial charge on any atom is 0.258 e. The topological polar surface area (TPSA) is 42.4 Å². The number of nitrogens with zero attached hydrogens (tertiary/aromatic N) is 2. The summed E-state index contributed by atoms with van der Waals surface area (Å²) >= 11 is 0. The van der Waals surface area contributed by atoms with Crippen LogP contribution in [0, 0.1) is 6.92 Å². The Morgan fingerprint density at radius 3 is 2.77 bits per heavy atom. The van der Waals surface area contributed by atoms with Gasteiger partial charge in [-0.3, -0.25) is 9.78 Å². The van der Waals surface area contributed by atoms with E-state index in [1.807, 2.05) is 67.6 Å². The first-order chi connectivity index (χ1) is 12.7. The van der Waals surface area contributed by atoms with Gasteiger partial charge in [-0.15, -0.1) is 0 Å². The zero-order valence-corrected chi connectivity index (χ0v) is 14.7. The molecule has 0 atom stereocenters. The van der Waals surface area contributed by atoms with Crippen molar-refractivity contribution in [1.82, 2.24) is 4.98 Å². The molecule has 3 aromatic rings. The molecule has 0 spiro atoms. The molecule has 1 aromatic heterocycles. The second-order valence-corrected chi connectivity index (χ2v) is 6.42. The van der Waals surface area contributed by atoms with Crippen LogP contribution >= 0.6 is 0 Å². The number of para-hydroxylation sites is 1. The van der Waals surface area contributed by atoms with Gasteiger partial charge in [-0.05, 0) is 54.4 Å². The molecule has 2 heterocycles. The van der Waals surface area contributed by atoms with Gasteiger partial charge in [-0.2, -0.15) is 0 Å². The van der Waals surface area contributed by atoms with E-state index < -0.39 is 0 Å². The maximum atomic E-state index is 13.4. The molecule has 0 aliphatic carbocycles. The van der Waals surface area contributed by atoms with Gasteiger partial charge >= 0.3 is 0 Å². The molecule has 4 nitrogen and oxygen atoms in total. The standard InChI is InChI=1S/C22H20N2O2/c1-16-6-2-3-8-20(16)24(15-19-7-4-5-12-23-19)22(25)18-9-10-21-17(14-18)11-13-26-21/h2-10,12,14H,11,13,15H2,1H3. The van der Waals surface area contributed by atoms with Crippen LogP contribution in [0.5, 0.6) is 5.75 Å². The molecule has 1 amide bonds. The smallest absolute Gasteiger partial charge is 0.258 e. The first-order valence-corrected chi connectivity index (χ1v) is 8.75. The van der Waals surface area contributed by atoms with Crippen LogP contribution in [-0.2, 0) is 13.0 Å². The average molecular weight is 344 g/mol. The SMILES string of the molecule is Cc1ccccc1N(Cc1ccccn1)C(=O)c1ccc2c(c1)CCO2. The quantitative estimate of drug-likeness (QED) is 0.713. The van der Waals surface area contributed by atoms with Crippen LogP contribution in [0.2, 0.25) is 0 Å². The van der Waals surface area contributed by atoms with Gasteiger partial charge in [0.15, 0.2) is 0 Å². The van der Waals surface area contributed by atoms with Crippen LogP contribution in [0.15, 0.2) is 66.9 Å². The fraction of sp³-hybridized carbons (Fsp3) is 0.182. The minimum absolute atomic E-state index is 0.0281. The zero-order valence-electron chi connectivity index (χ0n) is 14.7. The number of aromatic nitrogens is 1. The van der Waals surface area contributed by atoms with Gasteiger partial charge in [0.2, 0.25) is 0 Å². The Balaban J connectivity index is 1.72.